The number of esters is 1. The average Bonchev–Trinajstić information content (AvgIpc) is 3.02. The number of methoxy groups -OCH3 is 1. The topological polar surface area (TPSA) is 80.5 Å². The van der Waals surface area contributed by atoms with E-state index in [1.54, 1.807) is 13.2 Å². The van der Waals surface area contributed by atoms with Gasteiger partial charge >= 0.3 is 5.97 Å². The maximum absolute atomic E-state index is 11.0. The second kappa shape index (κ2) is 13.4. The van der Waals surface area contributed by atoms with Crippen LogP contribution in [0.3, 0.4) is 0 Å². The third-order valence-electron chi connectivity index (χ3n) is 2.97. The number of carbonyl (C=O) groups excluding carboxylic acids is 1. The third kappa shape index (κ3) is 9.59. The van der Waals surface area contributed by atoms with Gasteiger partial charge in [-0.2, -0.15) is 5.10 Å². The van der Waals surface area contributed by atoms with E-state index in [0.717, 1.165) is 44.9 Å². The molecule has 0 aliphatic carbocycles. The molecule has 1 rings (SSSR count). The maximum atomic E-state index is 11.0. The van der Waals surface area contributed by atoms with Crippen molar-refractivity contribution in [3.05, 3.63) is 18.5 Å². The number of guanidine groups is 1. The molecular formula is C14H26IN5O2. The van der Waals surface area contributed by atoms with Crippen LogP contribution in [-0.2, 0) is 16.1 Å². The minimum absolute atomic E-state index is 0. The molecule has 0 unspecified atom stereocenters. The van der Waals surface area contributed by atoms with Crippen molar-refractivity contribution < 1.29 is 9.53 Å². The summed E-state index contributed by atoms with van der Waals surface area (Å²) in [4.78, 5) is 15.1. The number of rotatable bonds is 9. The Labute approximate surface area is 148 Å². The minimum atomic E-state index is -0.156. The van der Waals surface area contributed by atoms with Gasteiger partial charge in [0.05, 0.1) is 7.11 Å². The van der Waals surface area contributed by atoms with Gasteiger partial charge < -0.3 is 15.4 Å². The van der Waals surface area contributed by atoms with Crippen molar-refractivity contribution in [1.82, 2.24) is 20.4 Å². The second-order valence-corrected chi connectivity index (χ2v) is 4.58. The van der Waals surface area contributed by atoms with Gasteiger partial charge in [0, 0.05) is 45.5 Å². The Bertz CT molecular complexity index is 423. The number of aryl methyl sites for hydroxylation is 1. The maximum Gasteiger partial charge on any atom is 0.305 e. The zero-order valence-corrected chi connectivity index (χ0v) is 15.6. The highest BCUT2D eigenvalue weighted by molar-refractivity contribution is 14.0. The Morgan fingerprint density at radius 3 is 2.59 bits per heavy atom. The van der Waals surface area contributed by atoms with Crippen molar-refractivity contribution in [2.24, 2.45) is 4.99 Å². The van der Waals surface area contributed by atoms with Crippen LogP contribution in [0, 0.1) is 0 Å². The van der Waals surface area contributed by atoms with Gasteiger partial charge in [-0.25, -0.2) is 0 Å². The van der Waals surface area contributed by atoms with E-state index in [4.69, 9.17) is 0 Å². The number of halogens is 1. The fourth-order valence-corrected chi connectivity index (χ4v) is 1.80. The third-order valence-corrected chi connectivity index (χ3v) is 2.97. The summed E-state index contributed by atoms with van der Waals surface area (Å²) in [6, 6.07) is 1.92. The number of hydrogen-bond acceptors (Lipinski definition) is 4. The van der Waals surface area contributed by atoms with Crippen molar-refractivity contribution in [3.8, 4) is 0 Å². The summed E-state index contributed by atoms with van der Waals surface area (Å²) in [5.41, 5.74) is 0. The number of carbonyl (C=O) groups is 1. The highest BCUT2D eigenvalue weighted by atomic mass is 127. The van der Waals surface area contributed by atoms with E-state index >= 15 is 0 Å². The van der Waals surface area contributed by atoms with Gasteiger partial charge in [-0.05, 0) is 25.3 Å². The lowest BCUT2D eigenvalue weighted by Crippen LogP contribution is -2.38. The van der Waals surface area contributed by atoms with Crippen molar-refractivity contribution in [2.45, 2.75) is 32.2 Å². The Kier molecular flexibility index (Phi) is 12.5. The normalized spacial score (nSPS) is 10.7. The number of nitrogens with zero attached hydrogens (tertiary/aromatic N) is 3. The monoisotopic (exact) mass is 423 g/mol. The molecule has 0 amide bonds. The first kappa shape index (κ1) is 20.7. The molecule has 2 N–H and O–H groups in total. The molecule has 1 heterocycles. The first-order chi connectivity index (χ1) is 10.3. The Morgan fingerprint density at radius 1 is 1.27 bits per heavy atom. The SMILES string of the molecule is CN=C(NCCCCC(=O)OC)NCCCn1cccn1.I. The van der Waals surface area contributed by atoms with E-state index in [1.807, 2.05) is 16.9 Å². The molecule has 0 fully saturated rings. The Morgan fingerprint density at radius 2 is 2.00 bits per heavy atom. The molecule has 8 heteroatoms. The van der Waals surface area contributed by atoms with Crippen molar-refractivity contribution in [2.75, 3.05) is 27.2 Å². The van der Waals surface area contributed by atoms with Gasteiger partial charge in [0.15, 0.2) is 5.96 Å². The number of ether oxygens (including phenoxy) is 1. The van der Waals surface area contributed by atoms with Crippen molar-refractivity contribution in [1.29, 1.82) is 0 Å². The zero-order valence-electron chi connectivity index (χ0n) is 13.2. The van der Waals surface area contributed by atoms with Crippen molar-refractivity contribution >= 4 is 35.9 Å². The van der Waals surface area contributed by atoms with E-state index in [1.165, 1.54) is 7.11 Å². The largest absolute Gasteiger partial charge is 0.469 e. The zero-order chi connectivity index (χ0) is 15.3. The van der Waals surface area contributed by atoms with E-state index in [0.29, 0.717) is 6.42 Å². The number of unbranched alkanes of at least 4 members (excludes halogenated alkanes) is 1. The number of aliphatic imine (C=N–C) groups is 1. The first-order valence-electron chi connectivity index (χ1n) is 7.25. The molecule has 0 atom stereocenters. The minimum Gasteiger partial charge on any atom is -0.469 e. The van der Waals surface area contributed by atoms with Gasteiger partial charge in [0.2, 0.25) is 0 Å². The molecule has 7 nitrogen and oxygen atoms in total. The van der Waals surface area contributed by atoms with Gasteiger partial charge in [-0.1, -0.05) is 0 Å². The first-order valence-corrected chi connectivity index (χ1v) is 7.25. The van der Waals surface area contributed by atoms with Crippen LogP contribution < -0.4 is 10.6 Å². The predicted octanol–water partition coefficient (Wildman–Crippen LogP) is 1.40. The molecule has 0 bridgehead atoms. The second-order valence-electron chi connectivity index (χ2n) is 4.58. The van der Waals surface area contributed by atoms with E-state index in [2.05, 4.69) is 25.5 Å². The summed E-state index contributed by atoms with van der Waals surface area (Å²) in [6.45, 7) is 2.51. The summed E-state index contributed by atoms with van der Waals surface area (Å²) in [7, 11) is 3.16. The van der Waals surface area contributed by atoms with E-state index in [-0.39, 0.29) is 29.9 Å². The molecular weight excluding hydrogens is 397 g/mol. The molecule has 1 aromatic heterocycles. The van der Waals surface area contributed by atoms with Crippen LogP contribution >= 0.6 is 24.0 Å². The fourth-order valence-electron chi connectivity index (χ4n) is 1.80. The van der Waals surface area contributed by atoms with Crippen LogP contribution in [-0.4, -0.2) is 49.0 Å². The molecule has 0 aliphatic rings. The summed E-state index contributed by atoms with van der Waals surface area (Å²) in [5.74, 6) is 0.629. The average molecular weight is 423 g/mol. The highest BCUT2D eigenvalue weighted by Gasteiger charge is 2.00. The van der Waals surface area contributed by atoms with E-state index in [9.17, 15) is 4.79 Å². The number of hydrogen-bond donors (Lipinski definition) is 2. The Balaban J connectivity index is 0.00000441. The fraction of sp³-hybridized carbons (Fsp3) is 0.643. The summed E-state index contributed by atoms with van der Waals surface area (Å²) >= 11 is 0. The van der Waals surface area contributed by atoms with Crippen LogP contribution in [0.4, 0.5) is 0 Å². The summed E-state index contributed by atoms with van der Waals surface area (Å²) < 4.78 is 6.50. The molecule has 0 saturated heterocycles. The molecule has 0 spiro atoms. The highest BCUT2D eigenvalue weighted by Crippen LogP contribution is 1.95. The lowest BCUT2D eigenvalue weighted by Gasteiger charge is -2.11. The van der Waals surface area contributed by atoms with Crippen LogP contribution in [0.2, 0.25) is 0 Å². The molecule has 22 heavy (non-hydrogen) atoms. The van der Waals surface area contributed by atoms with Crippen LogP contribution in [0.25, 0.3) is 0 Å². The number of aromatic nitrogens is 2. The standard InChI is InChI=1S/C14H25N5O2.HI/c1-15-14(16-8-4-3-7-13(20)21-2)17-9-5-11-19-12-6-10-18-19;/h6,10,12H,3-5,7-9,11H2,1-2H3,(H2,15,16,17);1H. The van der Waals surface area contributed by atoms with E-state index < -0.39 is 0 Å². The van der Waals surface area contributed by atoms with Crippen molar-refractivity contribution in [3.63, 3.8) is 0 Å². The quantitative estimate of drug-likeness (QED) is 0.206. The summed E-state index contributed by atoms with van der Waals surface area (Å²) in [6.07, 6.45) is 6.90. The Hall–Kier alpha value is -1.32. The lowest BCUT2D eigenvalue weighted by molar-refractivity contribution is -0.140. The van der Waals surface area contributed by atoms with Gasteiger partial charge in [0.25, 0.3) is 0 Å². The molecule has 1 aromatic rings. The lowest BCUT2D eigenvalue weighted by atomic mass is 10.2. The molecule has 0 aliphatic heterocycles. The molecule has 126 valence electrons. The van der Waals surface area contributed by atoms with Gasteiger partial charge in [0.1, 0.15) is 0 Å². The van der Waals surface area contributed by atoms with Gasteiger partial charge in [-0.15, -0.1) is 24.0 Å². The molecule has 0 radical (unpaired) electrons. The van der Waals surface area contributed by atoms with Crippen LogP contribution in [0.5, 0.6) is 0 Å². The summed E-state index contributed by atoms with van der Waals surface area (Å²) in [5, 5.41) is 10.6. The molecule has 0 aromatic carbocycles. The van der Waals surface area contributed by atoms with Crippen LogP contribution in [0.1, 0.15) is 25.7 Å². The van der Waals surface area contributed by atoms with Gasteiger partial charge in [-0.3, -0.25) is 14.5 Å². The molecule has 0 saturated carbocycles. The van der Waals surface area contributed by atoms with Crippen LogP contribution in [0.15, 0.2) is 23.5 Å². The number of nitrogens with one attached hydrogen (secondary N) is 2. The smallest absolute Gasteiger partial charge is 0.305 e. The predicted molar refractivity (Wildman–Crippen MR) is 97.5 cm³/mol.